The number of aromatic hydroxyl groups is 1. The molecular formula is C46H69Cl2N5O12. The van der Waals surface area contributed by atoms with Crippen molar-refractivity contribution in [2.75, 3.05) is 60.7 Å². The van der Waals surface area contributed by atoms with E-state index in [1.165, 1.54) is 39.5 Å². The van der Waals surface area contributed by atoms with E-state index in [2.05, 4.69) is 10.1 Å². The van der Waals surface area contributed by atoms with Crippen molar-refractivity contribution in [3.8, 4) is 23.0 Å². The summed E-state index contributed by atoms with van der Waals surface area (Å²) in [5, 5.41) is 13.0. The van der Waals surface area contributed by atoms with Gasteiger partial charge in [0.05, 0.1) is 61.1 Å². The molecule has 2 heterocycles. The number of phenols is 1. The van der Waals surface area contributed by atoms with Crippen molar-refractivity contribution in [2.45, 2.75) is 130 Å². The van der Waals surface area contributed by atoms with E-state index in [1.807, 2.05) is 69.2 Å². The van der Waals surface area contributed by atoms with Crippen molar-refractivity contribution in [1.82, 2.24) is 24.9 Å². The number of nitrogens with zero attached hydrogens (tertiary/aromatic N) is 4. The third kappa shape index (κ3) is 15.8. The van der Waals surface area contributed by atoms with E-state index in [-0.39, 0.29) is 94.0 Å². The van der Waals surface area contributed by atoms with Gasteiger partial charge in [-0.3, -0.25) is 9.59 Å². The Balaban J connectivity index is 0.000000353. The molecule has 2 aliphatic heterocycles. The van der Waals surface area contributed by atoms with E-state index < -0.39 is 17.3 Å². The highest BCUT2D eigenvalue weighted by atomic mass is 35.5. The first-order valence-electron chi connectivity index (χ1n) is 21.8. The summed E-state index contributed by atoms with van der Waals surface area (Å²) in [4.78, 5) is 70.3. The summed E-state index contributed by atoms with van der Waals surface area (Å²) in [6.45, 7) is 20.9. The summed E-state index contributed by atoms with van der Waals surface area (Å²) in [5.41, 5.74) is -0.715. The van der Waals surface area contributed by atoms with Crippen molar-refractivity contribution in [2.24, 2.45) is 0 Å². The first-order chi connectivity index (χ1) is 30.3. The molecule has 2 N–H and O–H groups in total. The number of carbonyl (C=O) groups is 5. The van der Waals surface area contributed by atoms with Crippen LogP contribution >= 0.6 is 23.2 Å². The SMILES string of the molecule is COC(=O)NCCOc1cc(C(=O)N(C(C)C)[C@@H]2CCCN(C(=O)OC(C)(C)C)C2)c(Cl)cc1OC.COc1cc(Cl)c(C(=O)N(C(C)C)[C@@H]2CCCN(C(=O)OC(C)(C)C)C2)cc1O. The number of benzene rings is 2. The van der Waals surface area contributed by atoms with Gasteiger partial charge < -0.3 is 58.4 Å². The van der Waals surface area contributed by atoms with Crippen LogP contribution in [0.25, 0.3) is 0 Å². The van der Waals surface area contributed by atoms with Crippen LogP contribution in [0.5, 0.6) is 23.0 Å². The molecule has 5 amide bonds. The number of piperidine rings is 2. The molecule has 4 rings (SSSR count). The highest BCUT2D eigenvalue weighted by Crippen LogP contribution is 2.36. The third-order valence-corrected chi connectivity index (χ3v) is 10.9. The molecule has 17 nitrogen and oxygen atoms in total. The summed E-state index contributed by atoms with van der Waals surface area (Å²) >= 11 is 12.8. The minimum Gasteiger partial charge on any atom is -0.504 e. The number of halogens is 2. The number of rotatable bonds is 12. The summed E-state index contributed by atoms with van der Waals surface area (Å²) < 4.78 is 31.7. The molecule has 0 radical (unpaired) electrons. The maximum atomic E-state index is 13.8. The molecule has 2 atom stereocenters. The molecule has 0 saturated carbocycles. The highest BCUT2D eigenvalue weighted by molar-refractivity contribution is 6.34. The monoisotopic (exact) mass is 953 g/mol. The van der Waals surface area contributed by atoms with Gasteiger partial charge in [0.25, 0.3) is 11.8 Å². The molecule has 65 heavy (non-hydrogen) atoms. The topological polar surface area (TPSA) is 186 Å². The van der Waals surface area contributed by atoms with Crippen LogP contribution in [0.2, 0.25) is 10.0 Å². The van der Waals surface area contributed by atoms with Gasteiger partial charge in [0.1, 0.15) is 17.8 Å². The normalized spacial score (nSPS) is 16.4. The van der Waals surface area contributed by atoms with Crippen LogP contribution in [0.4, 0.5) is 14.4 Å². The minimum absolute atomic E-state index is 0.119. The zero-order valence-electron chi connectivity index (χ0n) is 40.2. The second-order valence-corrected chi connectivity index (χ2v) is 19.1. The minimum atomic E-state index is -0.600. The Hall–Kier alpha value is -5.03. The number of likely N-dealkylation sites (tertiary alicyclic amines) is 2. The predicted molar refractivity (Wildman–Crippen MR) is 248 cm³/mol. The summed E-state index contributed by atoms with van der Waals surface area (Å²) in [6.07, 6.45) is 1.70. The number of hydrogen-bond acceptors (Lipinski definition) is 12. The fourth-order valence-corrected chi connectivity index (χ4v) is 7.97. The summed E-state index contributed by atoms with van der Waals surface area (Å²) in [5.74, 6) is 0.170. The smallest absolute Gasteiger partial charge is 0.410 e. The molecule has 0 unspecified atom stereocenters. The van der Waals surface area contributed by atoms with E-state index in [0.717, 1.165) is 25.7 Å². The van der Waals surface area contributed by atoms with Gasteiger partial charge in [-0.1, -0.05) is 23.2 Å². The van der Waals surface area contributed by atoms with Crippen LogP contribution in [0.1, 0.15) is 116 Å². The second-order valence-electron chi connectivity index (χ2n) is 18.3. The number of ether oxygens (including phenoxy) is 6. The molecule has 0 spiro atoms. The lowest BCUT2D eigenvalue weighted by Crippen LogP contribution is -2.54. The lowest BCUT2D eigenvalue weighted by Gasteiger charge is -2.41. The van der Waals surface area contributed by atoms with E-state index in [0.29, 0.717) is 37.7 Å². The maximum Gasteiger partial charge on any atom is 0.410 e. The van der Waals surface area contributed by atoms with Gasteiger partial charge in [0.15, 0.2) is 23.0 Å². The number of phenolic OH excluding ortho intramolecular Hbond substituents is 1. The Morgan fingerprint density at radius 3 is 1.54 bits per heavy atom. The van der Waals surface area contributed by atoms with Crippen LogP contribution in [0.15, 0.2) is 24.3 Å². The number of methoxy groups -OCH3 is 3. The predicted octanol–water partition coefficient (Wildman–Crippen LogP) is 8.64. The van der Waals surface area contributed by atoms with Crippen molar-refractivity contribution in [3.05, 3.63) is 45.4 Å². The number of amides is 5. The van der Waals surface area contributed by atoms with Crippen LogP contribution in [-0.4, -0.2) is 151 Å². The molecule has 0 aliphatic carbocycles. The second kappa shape index (κ2) is 23.9. The molecule has 2 saturated heterocycles. The van der Waals surface area contributed by atoms with Gasteiger partial charge in [-0.05, 0) is 107 Å². The van der Waals surface area contributed by atoms with E-state index in [4.69, 9.17) is 46.9 Å². The van der Waals surface area contributed by atoms with Crippen molar-refractivity contribution < 1.29 is 57.5 Å². The fraction of sp³-hybridized carbons (Fsp3) is 0.630. The molecule has 19 heteroatoms. The number of carbonyl (C=O) groups excluding carboxylic acids is 5. The van der Waals surface area contributed by atoms with Crippen molar-refractivity contribution in [3.63, 3.8) is 0 Å². The summed E-state index contributed by atoms with van der Waals surface area (Å²) in [6, 6.07) is 5.19. The molecule has 2 aromatic carbocycles. The van der Waals surface area contributed by atoms with Gasteiger partial charge in [0, 0.05) is 50.4 Å². The molecule has 2 aliphatic rings. The van der Waals surface area contributed by atoms with Gasteiger partial charge >= 0.3 is 18.3 Å². The zero-order chi connectivity index (χ0) is 49.0. The lowest BCUT2D eigenvalue weighted by molar-refractivity contribution is 0.00724. The van der Waals surface area contributed by atoms with Crippen LogP contribution < -0.4 is 19.5 Å². The Bertz CT molecular complexity index is 1970. The third-order valence-electron chi connectivity index (χ3n) is 10.3. The van der Waals surface area contributed by atoms with Gasteiger partial charge in [-0.25, -0.2) is 14.4 Å². The Morgan fingerprint density at radius 1 is 0.708 bits per heavy atom. The largest absolute Gasteiger partial charge is 0.504 e. The molecule has 2 aromatic rings. The number of nitrogens with one attached hydrogen (secondary N) is 1. The Labute approximate surface area is 393 Å². The van der Waals surface area contributed by atoms with E-state index in [9.17, 15) is 29.1 Å². The lowest BCUT2D eigenvalue weighted by atomic mass is 10.0. The Morgan fingerprint density at radius 2 is 1.14 bits per heavy atom. The van der Waals surface area contributed by atoms with Crippen LogP contribution in [-0.2, 0) is 14.2 Å². The van der Waals surface area contributed by atoms with E-state index in [1.54, 1.807) is 25.7 Å². The van der Waals surface area contributed by atoms with Crippen molar-refractivity contribution >= 4 is 53.3 Å². The van der Waals surface area contributed by atoms with Crippen molar-refractivity contribution in [1.29, 1.82) is 0 Å². The standard InChI is InChI=1S/C25H38ClN3O7.C21H31ClN2O5/c1-16(2)29(17-9-8-11-28(15-17)24(32)36-25(3,4)5)22(30)18-13-21(20(33-6)14-19(18)26)35-12-10-27-23(31)34-7;1-13(2)24(19(26)15-10-17(25)18(28-6)11-16(15)22)14-8-7-9-23(12-14)20(27)29-21(3,4)5/h13-14,16-17H,8-12,15H2,1-7H3,(H,27,31);10-11,13-14,25H,7-9,12H2,1-6H3/t17-;14-/m11/s1. The first kappa shape index (κ1) is 54.3. The average molecular weight is 955 g/mol. The molecule has 2 fully saturated rings. The molecule has 0 aromatic heterocycles. The number of alkyl carbamates (subject to hydrolysis) is 1. The zero-order valence-corrected chi connectivity index (χ0v) is 41.7. The van der Waals surface area contributed by atoms with Gasteiger partial charge in [-0.2, -0.15) is 0 Å². The van der Waals surface area contributed by atoms with E-state index >= 15 is 0 Å². The average Bonchev–Trinajstić information content (AvgIpc) is 3.22. The number of hydrogen-bond donors (Lipinski definition) is 2. The first-order valence-corrected chi connectivity index (χ1v) is 22.6. The quantitative estimate of drug-likeness (QED) is 0.153. The Kier molecular flexibility index (Phi) is 20.0. The van der Waals surface area contributed by atoms with Gasteiger partial charge in [-0.15, -0.1) is 0 Å². The van der Waals surface area contributed by atoms with Crippen LogP contribution in [0, 0.1) is 0 Å². The molecule has 364 valence electrons. The highest BCUT2D eigenvalue weighted by Gasteiger charge is 2.37. The summed E-state index contributed by atoms with van der Waals surface area (Å²) in [7, 11) is 4.16. The maximum absolute atomic E-state index is 13.8. The molecule has 0 bridgehead atoms. The molecular weight excluding hydrogens is 885 g/mol. The van der Waals surface area contributed by atoms with Gasteiger partial charge in [0.2, 0.25) is 0 Å². The van der Waals surface area contributed by atoms with Crippen LogP contribution in [0.3, 0.4) is 0 Å². The fourth-order valence-electron chi connectivity index (χ4n) is 7.50.